The molecule has 5 nitrogen and oxygen atoms in total. The fraction of sp³-hybridized carbons (Fsp3) is 0.455. The zero-order valence-electron chi connectivity index (χ0n) is 9.59. The van der Waals surface area contributed by atoms with Gasteiger partial charge in [0.1, 0.15) is 11.5 Å². The third-order valence-electron chi connectivity index (χ3n) is 2.99. The summed E-state index contributed by atoms with van der Waals surface area (Å²) in [6.07, 6.45) is 2.30. The SMILES string of the molecule is CC1(CNC(=O)c2nc(NN)ccc2Cl)CC1. The summed E-state index contributed by atoms with van der Waals surface area (Å²) in [5, 5.41) is 3.16. The van der Waals surface area contributed by atoms with Crippen molar-refractivity contribution in [1.29, 1.82) is 0 Å². The highest BCUT2D eigenvalue weighted by molar-refractivity contribution is 6.33. The van der Waals surface area contributed by atoms with Gasteiger partial charge in [-0.2, -0.15) is 0 Å². The molecule has 2 rings (SSSR count). The Morgan fingerprint density at radius 3 is 2.88 bits per heavy atom. The van der Waals surface area contributed by atoms with Crippen molar-refractivity contribution in [3.05, 3.63) is 22.8 Å². The van der Waals surface area contributed by atoms with Gasteiger partial charge in [-0.15, -0.1) is 0 Å². The maximum absolute atomic E-state index is 11.9. The molecule has 0 spiro atoms. The normalized spacial score (nSPS) is 16.4. The molecule has 6 heteroatoms. The summed E-state index contributed by atoms with van der Waals surface area (Å²) in [6.45, 7) is 2.80. The van der Waals surface area contributed by atoms with Gasteiger partial charge in [-0.05, 0) is 30.4 Å². The van der Waals surface area contributed by atoms with E-state index >= 15 is 0 Å². The molecule has 1 heterocycles. The molecular weight excluding hydrogens is 240 g/mol. The average Bonchev–Trinajstić information content (AvgIpc) is 3.06. The molecule has 0 aromatic carbocycles. The van der Waals surface area contributed by atoms with Crippen molar-refractivity contribution in [3.8, 4) is 0 Å². The van der Waals surface area contributed by atoms with E-state index in [9.17, 15) is 4.79 Å². The van der Waals surface area contributed by atoms with Crippen LogP contribution in [-0.2, 0) is 0 Å². The second-order valence-electron chi connectivity index (χ2n) is 4.66. The molecule has 0 atom stereocenters. The third kappa shape index (κ3) is 2.87. The Labute approximate surface area is 105 Å². The fourth-order valence-electron chi connectivity index (χ4n) is 1.45. The van der Waals surface area contributed by atoms with Gasteiger partial charge in [0.05, 0.1) is 5.02 Å². The molecule has 1 aliphatic carbocycles. The maximum atomic E-state index is 11.9. The topological polar surface area (TPSA) is 80.0 Å². The van der Waals surface area contributed by atoms with Crippen molar-refractivity contribution >= 4 is 23.3 Å². The zero-order valence-corrected chi connectivity index (χ0v) is 10.3. The van der Waals surface area contributed by atoms with Crippen LogP contribution >= 0.6 is 11.6 Å². The number of nitrogens with zero attached hydrogens (tertiary/aromatic N) is 1. The number of carbonyl (C=O) groups is 1. The molecule has 1 aromatic heterocycles. The average molecular weight is 255 g/mol. The quantitative estimate of drug-likeness (QED) is 0.563. The first-order valence-electron chi connectivity index (χ1n) is 5.45. The van der Waals surface area contributed by atoms with Crippen LogP contribution in [0.3, 0.4) is 0 Å². The summed E-state index contributed by atoms with van der Waals surface area (Å²) >= 11 is 5.92. The summed E-state index contributed by atoms with van der Waals surface area (Å²) in [5.74, 6) is 5.39. The molecule has 0 bridgehead atoms. The second-order valence-corrected chi connectivity index (χ2v) is 5.07. The van der Waals surface area contributed by atoms with Gasteiger partial charge in [0, 0.05) is 6.54 Å². The highest BCUT2D eigenvalue weighted by Crippen LogP contribution is 2.44. The molecule has 4 N–H and O–H groups in total. The van der Waals surface area contributed by atoms with Crippen LogP contribution in [0.25, 0.3) is 0 Å². The number of pyridine rings is 1. The number of nitrogens with two attached hydrogens (primary N) is 1. The lowest BCUT2D eigenvalue weighted by Gasteiger charge is -2.11. The number of rotatable bonds is 4. The lowest BCUT2D eigenvalue weighted by molar-refractivity contribution is 0.0941. The summed E-state index contributed by atoms with van der Waals surface area (Å²) in [7, 11) is 0. The minimum atomic E-state index is -0.264. The van der Waals surface area contributed by atoms with E-state index in [1.807, 2.05) is 0 Å². The first kappa shape index (κ1) is 12.1. The molecular formula is C11H15ClN4O. The van der Waals surface area contributed by atoms with Crippen molar-refractivity contribution in [2.45, 2.75) is 19.8 Å². The minimum absolute atomic E-state index is 0.200. The van der Waals surface area contributed by atoms with Gasteiger partial charge in [-0.3, -0.25) is 4.79 Å². The van der Waals surface area contributed by atoms with E-state index in [0.29, 0.717) is 17.4 Å². The second kappa shape index (κ2) is 4.50. The highest BCUT2D eigenvalue weighted by Gasteiger charge is 2.37. The van der Waals surface area contributed by atoms with Gasteiger partial charge < -0.3 is 10.7 Å². The predicted octanol–water partition coefficient (Wildman–Crippen LogP) is 1.55. The largest absolute Gasteiger partial charge is 0.350 e. The van der Waals surface area contributed by atoms with Gasteiger partial charge in [0.25, 0.3) is 5.91 Å². The monoisotopic (exact) mass is 254 g/mol. The molecule has 1 aromatic rings. The lowest BCUT2D eigenvalue weighted by atomic mass is 10.1. The number of hydrogen-bond acceptors (Lipinski definition) is 4. The van der Waals surface area contributed by atoms with Crippen molar-refractivity contribution in [3.63, 3.8) is 0 Å². The first-order chi connectivity index (χ1) is 8.04. The van der Waals surface area contributed by atoms with Crippen LogP contribution in [-0.4, -0.2) is 17.4 Å². The fourth-order valence-corrected chi connectivity index (χ4v) is 1.64. The first-order valence-corrected chi connectivity index (χ1v) is 5.83. The predicted molar refractivity (Wildman–Crippen MR) is 66.7 cm³/mol. The molecule has 0 aliphatic heterocycles. The van der Waals surface area contributed by atoms with E-state index in [0.717, 1.165) is 12.8 Å². The van der Waals surface area contributed by atoms with Gasteiger partial charge >= 0.3 is 0 Å². The standard InChI is InChI=1S/C11H15ClN4O/c1-11(4-5-11)6-14-10(17)9-7(12)2-3-8(15-9)16-13/h2-3H,4-6,13H2,1H3,(H,14,17)(H,15,16). The van der Waals surface area contributed by atoms with Gasteiger partial charge in [-0.1, -0.05) is 18.5 Å². The van der Waals surface area contributed by atoms with Crippen LogP contribution in [0.5, 0.6) is 0 Å². The van der Waals surface area contributed by atoms with Gasteiger partial charge in [0.15, 0.2) is 0 Å². The minimum Gasteiger partial charge on any atom is -0.350 e. The van der Waals surface area contributed by atoms with E-state index in [4.69, 9.17) is 17.4 Å². The number of anilines is 1. The highest BCUT2D eigenvalue weighted by atomic mass is 35.5. The molecule has 17 heavy (non-hydrogen) atoms. The van der Waals surface area contributed by atoms with Crippen molar-refractivity contribution in [2.24, 2.45) is 11.3 Å². The number of nitrogen functional groups attached to an aromatic ring is 1. The van der Waals surface area contributed by atoms with Crippen LogP contribution in [0.15, 0.2) is 12.1 Å². The Kier molecular flexibility index (Phi) is 3.22. The third-order valence-corrected chi connectivity index (χ3v) is 3.29. The van der Waals surface area contributed by atoms with Gasteiger partial charge in [-0.25, -0.2) is 10.8 Å². The lowest BCUT2D eigenvalue weighted by Crippen LogP contribution is -2.30. The summed E-state index contributed by atoms with van der Waals surface area (Å²) in [5.41, 5.74) is 2.84. The number of amides is 1. The Morgan fingerprint density at radius 1 is 1.59 bits per heavy atom. The van der Waals surface area contributed by atoms with E-state index in [1.54, 1.807) is 12.1 Å². The molecule has 1 amide bonds. The van der Waals surface area contributed by atoms with E-state index in [1.165, 1.54) is 0 Å². The summed E-state index contributed by atoms with van der Waals surface area (Å²) in [6, 6.07) is 3.21. The number of hydrogen-bond donors (Lipinski definition) is 3. The molecule has 0 saturated heterocycles. The maximum Gasteiger partial charge on any atom is 0.271 e. The molecule has 1 saturated carbocycles. The summed E-state index contributed by atoms with van der Waals surface area (Å²) < 4.78 is 0. The Morgan fingerprint density at radius 2 is 2.29 bits per heavy atom. The van der Waals surface area contributed by atoms with Crippen LogP contribution in [0.1, 0.15) is 30.3 Å². The summed E-state index contributed by atoms with van der Waals surface area (Å²) in [4.78, 5) is 15.9. The molecule has 1 fully saturated rings. The van der Waals surface area contributed by atoms with E-state index in [-0.39, 0.29) is 17.0 Å². The Hall–Kier alpha value is -1.33. The van der Waals surface area contributed by atoms with Crippen molar-refractivity contribution in [2.75, 3.05) is 12.0 Å². The van der Waals surface area contributed by atoms with Crippen molar-refractivity contribution in [1.82, 2.24) is 10.3 Å². The molecule has 0 unspecified atom stereocenters. The Bertz CT molecular complexity index is 445. The van der Waals surface area contributed by atoms with Crippen LogP contribution < -0.4 is 16.6 Å². The molecule has 92 valence electrons. The smallest absolute Gasteiger partial charge is 0.271 e. The number of halogens is 1. The van der Waals surface area contributed by atoms with E-state index in [2.05, 4.69) is 22.7 Å². The number of carbonyl (C=O) groups excluding carboxylic acids is 1. The van der Waals surface area contributed by atoms with E-state index < -0.39 is 0 Å². The van der Waals surface area contributed by atoms with Gasteiger partial charge in [0.2, 0.25) is 0 Å². The number of aromatic nitrogens is 1. The number of hydrazine groups is 1. The molecule has 0 radical (unpaired) electrons. The molecule has 1 aliphatic rings. The zero-order chi connectivity index (χ0) is 12.5. The van der Waals surface area contributed by atoms with Crippen LogP contribution in [0.2, 0.25) is 5.02 Å². The number of nitrogens with one attached hydrogen (secondary N) is 2. The Balaban J connectivity index is 2.06. The van der Waals surface area contributed by atoms with Crippen LogP contribution in [0, 0.1) is 5.41 Å². The van der Waals surface area contributed by atoms with Crippen LogP contribution in [0.4, 0.5) is 5.82 Å². The van der Waals surface area contributed by atoms with Crippen molar-refractivity contribution < 1.29 is 4.79 Å².